The van der Waals surface area contributed by atoms with Gasteiger partial charge in [0.25, 0.3) is 10.0 Å². The highest BCUT2D eigenvalue weighted by molar-refractivity contribution is 7.92. The zero-order valence-electron chi connectivity index (χ0n) is 19.2. The highest BCUT2D eigenvalue weighted by Gasteiger charge is 2.30. The number of H-pyrrole nitrogens is 1. The Bertz CT molecular complexity index is 1630. The van der Waals surface area contributed by atoms with E-state index in [0.29, 0.717) is 39.9 Å². The number of benzene rings is 2. The number of anilines is 1. The van der Waals surface area contributed by atoms with Crippen molar-refractivity contribution in [2.24, 2.45) is 0 Å². The molecular weight excluding hydrogens is 507 g/mol. The van der Waals surface area contributed by atoms with E-state index in [1.54, 1.807) is 25.5 Å². The van der Waals surface area contributed by atoms with Crippen molar-refractivity contribution >= 4 is 44.3 Å². The van der Waals surface area contributed by atoms with Crippen molar-refractivity contribution < 1.29 is 26.4 Å². The van der Waals surface area contributed by atoms with Gasteiger partial charge in [-0.1, -0.05) is 12.1 Å². The second kappa shape index (κ2) is 9.90. The molecule has 0 aliphatic rings. The quantitative estimate of drug-likeness (QED) is 0.193. The number of allylic oxidation sites excluding steroid dienone is 1. The van der Waals surface area contributed by atoms with Gasteiger partial charge in [0.05, 0.1) is 10.5 Å². The summed E-state index contributed by atoms with van der Waals surface area (Å²) in [6.45, 7) is 0. The van der Waals surface area contributed by atoms with Crippen molar-refractivity contribution in [3.8, 4) is 0 Å². The number of halogens is 3. The molecule has 0 atom stereocenters. The van der Waals surface area contributed by atoms with E-state index < -0.39 is 27.5 Å². The Morgan fingerprint density at radius 3 is 2.46 bits per heavy atom. The zero-order chi connectivity index (χ0) is 26.8. The Balaban J connectivity index is 1.63. The maximum Gasteiger partial charge on any atom is 0.416 e. The molecule has 0 saturated heterocycles. The number of hydrogen-bond acceptors (Lipinski definition) is 6. The third kappa shape index (κ3) is 5.38. The van der Waals surface area contributed by atoms with E-state index in [0.717, 1.165) is 18.3 Å². The van der Waals surface area contributed by atoms with Gasteiger partial charge in [0.15, 0.2) is 5.78 Å². The van der Waals surface area contributed by atoms with Crippen molar-refractivity contribution in [2.45, 2.75) is 11.1 Å². The lowest BCUT2D eigenvalue weighted by atomic mass is 10.0. The molecule has 8 nitrogen and oxygen atoms in total. The SMILES string of the molecule is CN/C=C(\C=N)c1cnc2[nH]cc(C(=O)c3cccc(NS(=O)(=O)c4ccc(C(F)(F)F)cc4)c3)c2c1. The molecule has 2 aromatic heterocycles. The molecule has 190 valence electrons. The first-order valence-corrected chi connectivity index (χ1v) is 12.2. The van der Waals surface area contributed by atoms with Crippen molar-refractivity contribution in [1.82, 2.24) is 15.3 Å². The maximum atomic E-state index is 13.3. The first-order valence-electron chi connectivity index (χ1n) is 10.7. The number of alkyl halides is 3. The minimum atomic E-state index is -4.59. The summed E-state index contributed by atoms with van der Waals surface area (Å²) in [5.74, 6) is -0.408. The monoisotopic (exact) mass is 527 g/mol. The summed E-state index contributed by atoms with van der Waals surface area (Å²) in [5, 5.41) is 11.0. The van der Waals surface area contributed by atoms with Gasteiger partial charge < -0.3 is 15.7 Å². The minimum absolute atomic E-state index is 0.0625. The summed E-state index contributed by atoms with van der Waals surface area (Å²) in [5.41, 5.74) is 1.19. The van der Waals surface area contributed by atoms with Crippen LogP contribution in [0.5, 0.6) is 0 Å². The number of aromatic amines is 1. The smallest absolute Gasteiger partial charge is 0.393 e. The van der Waals surface area contributed by atoms with Crippen molar-refractivity contribution in [3.63, 3.8) is 0 Å². The van der Waals surface area contributed by atoms with Crippen LogP contribution < -0.4 is 10.0 Å². The number of pyridine rings is 1. The fourth-order valence-electron chi connectivity index (χ4n) is 3.63. The minimum Gasteiger partial charge on any atom is -0.393 e. The molecule has 37 heavy (non-hydrogen) atoms. The van der Waals surface area contributed by atoms with E-state index in [4.69, 9.17) is 5.41 Å². The topological polar surface area (TPSA) is 128 Å². The van der Waals surface area contributed by atoms with Crippen LogP contribution in [-0.2, 0) is 16.2 Å². The molecule has 0 bridgehead atoms. The van der Waals surface area contributed by atoms with Gasteiger partial charge in [0.1, 0.15) is 5.65 Å². The number of ketones is 1. The molecule has 0 aliphatic heterocycles. The summed E-state index contributed by atoms with van der Waals surface area (Å²) in [7, 11) is -2.51. The van der Waals surface area contributed by atoms with Crippen molar-refractivity contribution in [1.29, 1.82) is 5.41 Å². The highest BCUT2D eigenvalue weighted by Crippen LogP contribution is 2.30. The van der Waals surface area contributed by atoms with Gasteiger partial charge in [-0.25, -0.2) is 13.4 Å². The highest BCUT2D eigenvalue weighted by atomic mass is 32.2. The fourth-order valence-corrected chi connectivity index (χ4v) is 4.68. The van der Waals surface area contributed by atoms with Crippen LogP contribution in [0.1, 0.15) is 27.0 Å². The van der Waals surface area contributed by atoms with Crippen LogP contribution in [0.2, 0.25) is 0 Å². The zero-order valence-corrected chi connectivity index (χ0v) is 20.0. The van der Waals surface area contributed by atoms with Crippen LogP contribution in [0, 0.1) is 5.41 Å². The van der Waals surface area contributed by atoms with E-state index in [9.17, 15) is 26.4 Å². The Hall–Kier alpha value is -4.45. The lowest BCUT2D eigenvalue weighted by Crippen LogP contribution is -2.14. The summed E-state index contributed by atoms with van der Waals surface area (Å²) in [6, 6.07) is 10.6. The van der Waals surface area contributed by atoms with Crippen LogP contribution in [0.4, 0.5) is 18.9 Å². The van der Waals surface area contributed by atoms with Gasteiger partial charge in [0, 0.05) is 65.2 Å². The summed E-state index contributed by atoms with van der Waals surface area (Å²) in [4.78, 5) is 20.2. The molecule has 12 heteroatoms. The number of carbonyl (C=O) groups excluding carboxylic acids is 1. The molecule has 2 heterocycles. The fraction of sp³-hybridized carbons (Fsp3) is 0.0800. The molecule has 0 saturated carbocycles. The molecule has 0 spiro atoms. The second-order valence-electron chi connectivity index (χ2n) is 7.89. The largest absolute Gasteiger partial charge is 0.416 e. The van der Waals surface area contributed by atoms with E-state index in [2.05, 4.69) is 20.0 Å². The number of hydrogen-bond donors (Lipinski definition) is 4. The van der Waals surface area contributed by atoms with E-state index in [-0.39, 0.29) is 16.1 Å². The van der Waals surface area contributed by atoms with Gasteiger partial charge in [-0.2, -0.15) is 13.2 Å². The van der Waals surface area contributed by atoms with Crippen LogP contribution in [0.15, 0.2) is 78.1 Å². The standard InChI is InChI=1S/C25H20F3N5O3S/c1-30-12-17(11-29)16-10-21-22(14-32-24(21)31-13-16)23(34)15-3-2-4-19(9-15)33-37(35,36)20-7-5-18(6-8-20)25(26,27)28/h2-14,29-30,33H,1H3,(H,31,32)/b17-12+,29-11?. The van der Waals surface area contributed by atoms with Gasteiger partial charge in [-0.05, 0) is 42.5 Å². The van der Waals surface area contributed by atoms with Gasteiger partial charge in [0.2, 0.25) is 0 Å². The molecule has 2 aromatic carbocycles. The molecule has 4 N–H and O–H groups in total. The predicted octanol–water partition coefficient (Wildman–Crippen LogP) is 4.82. The Labute approximate surface area is 209 Å². The number of rotatable bonds is 8. The average molecular weight is 528 g/mol. The molecule has 4 rings (SSSR count). The average Bonchev–Trinajstić information content (AvgIpc) is 3.29. The normalized spacial score (nSPS) is 12.4. The number of carbonyl (C=O) groups is 1. The second-order valence-corrected chi connectivity index (χ2v) is 9.58. The van der Waals surface area contributed by atoms with Crippen LogP contribution >= 0.6 is 0 Å². The predicted molar refractivity (Wildman–Crippen MR) is 134 cm³/mol. The van der Waals surface area contributed by atoms with E-state index in [1.807, 2.05) is 0 Å². The van der Waals surface area contributed by atoms with Crippen molar-refractivity contribution in [3.05, 3.63) is 95.4 Å². The molecule has 0 amide bonds. The first kappa shape index (κ1) is 25.6. The number of nitrogens with zero attached hydrogens (tertiary/aromatic N) is 1. The lowest BCUT2D eigenvalue weighted by molar-refractivity contribution is -0.137. The summed E-state index contributed by atoms with van der Waals surface area (Å²) < 4.78 is 66.1. The van der Waals surface area contributed by atoms with Crippen LogP contribution in [0.25, 0.3) is 16.6 Å². The Morgan fingerprint density at radius 1 is 1.08 bits per heavy atom. The first-order chi connectivity index (χ1) is 17.5. The Morgan fingerprint density at radius 2 is 1.81 bits per heavy atom. The van der Waals surface area contributed by atoms with E-state index >= 15 is 0 Å². The Kier molecular flexibility index (Phi) is 6.86. The van der Waals surface area contributed by atoms with Gasteiger partial charge >= 0.3 is 6.18 Å². The van der Waals surface area contributed by atoms with E-state index in [1.165, 1.54) is 30.5 Å². The summed E-state index contributed by atoms with van der Waals surface area (Å²) in [6.07, 6.45) is 1.25. The molecule has 0 radical (unpaired) electrons. The molecule has 0 fully saturated rings. The van der Waals surface area contributed by atoms with Gasteiger partial charge in [-0.15, -0.1) is 0 Å². The third-order valence-corrected chi connectivity index (χ3v) is 6.83. The number of aromatic nitrogens is 2. The summed E-state index contributed by atoms with van der Waals surface area (Å²) >= 11 is 0. The number of fused-ring (bicyclic) bond motifs is 1. The lowest BCUT2D eigenvalue weighted by Gasteiger charge is -2.11. The molecular formula is C25H20F3N5O3S. The van der Waals surface area contributed by atoms with Gasteiger partial charge in [-0.3, -0.25) is 9.52 Å². The maximum absolute atomic E-state index is 13.3. The molecule has 4 aromatic rings. The number of sulfonamides is 1. The van der Waals surface area contributed by atoms with Crippen molar-refractivity contribution in [2.75, 3.05) is 11.8 Å². The third-order valence-electron chi connectivity index (χ3n) is 5.43. The molecule has 0 aliphatic carbocycles. The number of nitrogens with one attached hydrogen (secondary N) is 4. The van der Waals surface area contributed by atoms with Crippen LogP contribution in [-0.4, -0.2) is 37.4 Å². The van der Waals surface area contributed by atoms with Crippen LogP contribution in [0.3, 0.4) is 0 Å². The molecule has 0 unspecified atom stereocenters.